The molecule has 0 aromatic heterocycles. The van der Waals surface area contributed by atoms with Crippen molar-refractivity contribution < 1.29 is 23.9 Å². The number of benzene rings is 5. The molecule has 230 valence electrons. The zero-order valence-corrected chi connectivity index (χ0v) is 26.5. The third-order valence-electron chi connectivity index (χ3n) is 7.49. The van der Waals surface area contributed by atoms with Crippen molar-refractivity contribution in [3.63, 3.8) is 0 Å². The predicted octanol–water partition coefficient (Wildman–Crippen LogP) is 9.02. The summed E-state index contributed by atoms with van der Waals surface area (Å²) in [6.45, 7) is 4.22. The molecule has 0 spiro atoms. The van der Waals surface area contributed by atoms with E-state index in [4.69, 9.17) is 32.7 Å². The third kappa shape index (κ3) is 6.07. The van der Waals surface area contributed by atoms with Crippen LogP contribution in [0.3, 0.4) is 0 Å². The van der Waals surface area contributed by atoms with Gasteiger partial charge in [-0.05, 0) is 78.9 Å². The van der Waals surface area contributed by atoms with Crippen LogP contribution in [0.2, 0.25) is 10.0 Å². The fourth-order valence-electron chi connectivity index (χ4n) is 5.30. The van der Waals surface area contributed by atoms with Gasteiger partial charge < -0.3 is 9.47 Å². The lowest BCUT2D eigenvalue weighted by atomic mass is 10.0. The minimum Gasteiger partial charge on any atom is -0.490 e. The molecule has 46 heavy (non-hydrogen) atoms. The standard InChI is InChI=1S/C37H28Cl2N2O5/c1-3-45-34-20-24(14-17-33(34)46-22-26-15-16-27(38)21-31(26)39)19-30-35(42)40(28-11-6-8-23(2)18-28)37(44)41(36(30)43)32-13-7-10-25-9-4-5-12-29(25)32/h4-21H,3,22H2,1-2H3/b30-19+. The molecule has 1 aliphatic heterocycles. The van der Waals surface area contributed by atoms with Gasteiger partial charge >= 0.3 is 6.03 Å². The molecule has 1 fully saturated rings. The zero-order valence-electron chi connectivity index (χ0n) is 25.0. The fourth-order valence-corrected chi connectivity index (χ4v) is 5.77. The number of carbonyl (C=O) groups excluding carboxylic acids is 3. The molecular formula is C37H28Cl2N2O5. The molecule has 0 radical (unpaired) electrons. The molecule has 7 nitrogen and oxygen atoms in total. The largest absolute Gasteiger partial charge is 0.490 e. The van der Waals surface area contributed by atoms with E-state index in [9.17, 15) is 14.4 Å². The highest BCUT2D eigenvalue weighted by Crippen LogP contribution is 2.36. The number of urea groups is 1. The molecule has 5 aromatic carbocycles. The smallest absolute Gasteiger partial charge is 0.343 e. The molecule has 1 saturated heterocycles. The number of amides is 4. The minimum atomic E-state index is -0.756. The molecule has 6 rings (SSSR count). The van der Waals surface area contributed by atoms with Gasteiger partial charge in [-0.2, -0.15) is 0 Å². The van der Waals surface area contributed by atoms with E-state index in [1.165, 1.54) is 6.08 Å². The SMILES string of the molecule is CCOc1cc(/C=C2\C(=O)N(c3cccc(C)c3)C(=O)N(c3cccc4ccccc34)C2=O)ccc1OCc1ccc(Cl)cc1Cl. The van der Waals surface area contributed by atoms with Crippen LogP contribution in [0, 0.1) is 6.92 Å². The van der Waals surface area contributed by atoms with Crippen LogP contribution in [0.25, 0.3) is 16.8 Å². The van der Waals surface area contributed by atoms with E-state index in [1.807, 2.05) is 50.2 Å². The van der Waals surface area contributed by atoms with Gasteiger partial charge in [0.1, 0.15) is 12.2 Å². The summed E-state index contributed by atoms with van der Waals surface area (Å²) in [5.74, 6) is -0.598. The van der Waals surface area contributed by atoms with Crippen molar-refractivity contribution in [1.82, 2.24) is 0 Å². The monoisotopic (exact) mass is 650 g/mol. The number of hydrogen-bond donors (Lipinski definition) is 0. The fraction of sp³-hybridized carbons (Fsp3) is 0.108. The highest BCUT2D eigenvalue weighted by Gasteiger charge is 2.44. The van der Waals surface area contributed by atoms with E-state index in [1.54, 1.807) is 66.7 Å². The Kier molecular flexibility index (Phi) is 8.79. The first-order chi connectivity index (χ1) is 22.2. The Balaban J connectivity index is 1.42. The average molecular weight is 652 g/mol. The van der Waals surface area contributed by atoms with Crippen LogP contribution in [0.5, 0.6) is 11.5 Å². The van der Waals surface area contributed by atoms with Crippen molar-refractivity contribution >= 4 is 69.3 Å². The number of barbiturate groups is 1. The molecule has 1 heterocycles. The lowest BCUT2D eigenvalue weighted by molar-refractivity contribution is -0.121. The number of halogens is 2. The van der Waals surface area contributed by atoms with Gasteiger partial charge in [-0.1, -0.05) is 83.9 Å². The summed E-state index contributed by atoms with van der Waals surface area (Å²) in [4.78, 5) is 44.3. The van der Waals surface area contributed by atoms with E-state index >= 15 is 0 Å². The van der Waals surface area contributed by atoms with Crippen molar-refractivity contribution in [3.05, 3.63) is 135 Å². The molecule has 5 aromatic rings. The highest BCUT2D eigenvalue weighted by atomic mass is 35.5. The van der Waals surface area contributed by atoms with Crippen LogP contribution >= 0.6 is 23.2 Å². The average Bonchev–Trinajstić information content (AvgIpc) is 3.04. The summed E-state index contributed by atoms with van der Waals surface area (Å²) >= 11 is 12.3. The van der Waals surface area contributed by atoms with Crippen molar-refractivity contribution in [1.29, 1.82) is 0 Å². The first-order valence-corrected chi connectivity index (χ1v) is 15.3. The van der Waals surface area contributed by atoms with Crippen LogP contribution in [-0.4, -0.2) is 24.5 Å². The van der Waals surface area contributed by atoms with Crippen LogP contribution < -0.4 is 19.3 Å². The maximum atomic E-state index is 14.1. The number of rotatable bonds is 8. The Labute approximate surface area is 276 Å². The lowest BCUT2D eigenvalue weighted by Crippen LogP contribution is -2.57. The number of imide groups is 2. The lowest BCUT2D eigenvalue weighted by Gasteiger charge is -2.34. The Bertz CT molecular complexity index is 2040. The number of hydrogen-bond acceptors (Lipinski definition) is 5. The minimum absolute atomic E-state index is 0.168. The van der Waals surface area contributed by atoms with Crippen LogP contribution in [0.1, 0.15) is 23.6 Å². The predicted molar refractivity (Wildman–Crippen MR) is 182 cm³/mol. The van der Waals surface area contributed by atoms with E-state index in [2.05, 4.69) is 0 Å². The quantitative estimate of drug-likeness (QED) is 0.124. The summed E-state index contributed by atoms with van der Waals surface area (Å²) in [5, 5.41) is 2.55. The van der Waals surface area contributed by atoms with Crippen LogP contribution in [-0.2, 0) is 16.2 Å². The maximum Gasteiger partial charge on any atom is 0.343 e. The number of aryl methyl sites for hydroxylation is 1. The third-order valence-corrected chi connectivity index (χ3v) is 8.08. The van der Waals surface area contributed by atoms with Gasteiger partial charge in [-0.15, -0.1) is 0 Å². The molecule has 1 aliphatic rings. The molecule has 0 aliphatic carbocycles. The number of nitrogens with zero attached hydrogens (tertiary/aromatic N) is 2. The summed E-state index contributed by atoms with van der Waals surface area (Å²) < 4.78 is 11.9. The number of ether oxygens (including phenoxy) is 2. The van der Waals surface area contributed by atoms with E-state index in [0.29, 0.717) is 50.5 Å². The van der Waals surface area contributed by atoms with E-state index < -0.39 is 17.8 Å². The summed E-state index contributed by atoms with van der Waals surface area (Å²) in [6, 6.07) is 29.4. The van der Waals surface area contributed by atoms with Crippen molar-refractivity contribution in [2.75, 3.05) is 16.4 Å². The highest BCUT2D eigenvalue weighted by molar-refractivity contribution is 6.47. The van der Waals surface area contributed by atoms with E-state index in [-0.39, 0.29) is 12.2 Å². The molecule has 0 saturated carbocycles. The molecule has 0 N–H and O–H groups in total. The molecule has 4 amide bonds. The maximum absolute atomic E-state index is 14.1. The Morgan fingerprint density at radius 2 is 1.50 bits per heavy atom. The summed E-state index contributed by atoms with van der Waals surface area (Å²) in [7, 11) is 0. The first kappa shape index (κ1) is 30.9. The Morgan fingerprint density at radius 1 is 0.739 bits per heavy atom. The second-order valence-corrected chi connectivity index (χ2v) is 11.5. The van der Waals surface area contributed by atoms with Gasteiger partial charge in [0.05, 0.1) is 18.0 Å². The van der Waals surface area contributed by atoms with Gasteiger partial charge in [0.2, 0.25) is 0 Å². The van der Waals surface area contributed by atoms with Gasteiger partial charge in [0, 0.05) is 21.0 Å². The van der Waals surface area contributed by atoms with Crippen molar-refractivity contribution in [2.45, 2.75) is 20.5 Å². The van der Waals surface area contributed by atoms with Crippen molar-refractivity contribution in [3.8, 4) is 11.5 Å². The first-order valence-electron chi connectivity index (χ1n) is 14.6. The summed E-state index contributed by atoms with van der Waals surface area (Å²) in [5.41, 5.74) is 2.66. The van der Waals surface area contributed by atoms with Gasteiger partial charge in [0.15, 0.2) is 11.5 Å². The van der Waals surface area contributed by atoms with Gasteiger partial charge in [-0.25, -0.2) is 14.6 Å². The van der Waals surface area contributed by atoms with E-state index in [0.717, 1.165) is 26.3 Å². The normalized spacial score (nSPS) is 14.3. The Morgan fingerprint density at radius 3 is 2.28 bits per heavy atom. The second-order valence-electron chi connectivity index (χ2n) is 10.6. The number of carbonyl (C=O) groups is 3. The molecule has 0 atom stereocenters. The molecule has 0 bridgehead atoms. The van der Waals surface area contributed by atoms with Crippen LogP contribution in [0.15, 0.2) is 109 Å². The topological polar surface area (TPSA) is 76.2 Å². The Hall–Kier alpha value is -5.11. The number of anilines is 2. The molecule has 9 heteroatoms. The number of fused-ring (bicyclic) bond motifs is 1. The second kappa shape index (κ2) is 13.1. The summed E-state index contributed by atoms with van der Waals surface area (Å²) in [6.07, 6.45) is 1.47. The van der Waals surface area contributed by atoms with Crippen LogP contribution in [0.4, 0.5) is 16.2 Å². The molecular weight excluding hydrogens is 623 g/mol. The van der Waals surface area contributed by atoms with Gasteiger partial charge in [0.25, 0.3) is 11.8 Å². The zero-order chi connectivity index (χ0) is 32.4. The van der Waals surface area contributed by atoms with Crippen molar-refractivity contribution in [2.24, 2.45) is 0 Å². The van der Waals surface area contributed by atoms with Gasteiger partial charge in [-0.3, -0.25) is 9.59 Å². The molecule has 0 unspecified atom stereocenters.